The third-order valence-corrected chi connectivity index (χ3v) is 9.42. The van der Waals surface area contributed by atoms with Crippen molar-refractivity contribution in [2.24, 2.45) is 5.41 Å². The highest BCUT2D eigenvalue weighted by molar-refractivity contribution is 7.88. The van der Waals surface area contributed by atoms with Crippen LogP contribution in [0.15, 0.2) is 59.5 Å². The number of nitrogens with zero attached hydrogens (tertiary/aromatic N) is 4. The predicted molar refractivity (Wildman–Crippen MR) is 156 cm³/mol. The fourth-order valence-electron chi connectivity index (χ4n) is 4.69. The lowest BCUT2D eigenvalue weighted by atomic mass is 10.1. The number of nitrogens with two attached hydrogens (primary N) is 1. The number of nitrogen functional groups attached to an aromatic ring is 1. The number of hydrogen-bond donors (Lipinski definition) is 1. The first-order chi connectivity index (χ1) is 19.6. The molecule has 0 radical (unpaired) electrons. The molecule has 1 aliphatic heterocycles. The lowest BCUT2D eigenvalue weighted by Gasteiger charge is -2.35. The maximum Gasteiger partial charge on any atom is 0.316 e. The summed E-state index contributed by atoms with van der Waals surface area (Å²) < 4.78 is 40.3. The lowest BCUT2D eigenvalue weighted by molar-refractivity contribution is -0.143. The minimum atomic E-state index is -3.56. The van der Waals surface area contributed by atoms with E-state index in [9.17, 15) is 18.0 Å². The normalized spacial score (nSPS) is 16.8. The molecule has 11 nitrogen and oxygen atoms in total. The number of halogens is 1. The fraction of sp³-hybridized carbons (Fsp3) is 0.393. The van der Waals surface area contributed by atoms with Gasteiger partial charge < -0.3 is 20.1 Å². The Labute approximate surface area is 243 Å². The van der Waals surface area contributed by atoms with Crippen molar-refractivity contribution < 1.29 is 22.7 Å². The number of carbonyl (C=O) groups excluding carboxylic acids is 1. The third-order valence-electron chi connectivity index (χ3n) is 7.33. The van der Waals surface area contributed by atoms with Gasteiger partial charge in [-0.25, -0.2) is 8.42 Å². The average Bonchev–Trinajstić information content (AvgIpc) is 3.72. The number of aromatic nitrogens is 2. The predicted octanol–water partition coefficient (Wildman–Crippen LogP) is 2.84. The minimum absolute atomic E-state index is 0.104. The molecule has 0 bridgehead atoms. The van der Waals surface area contributed by atoms with Crippen molar-refractivity contribution in [2.75, 3.05) is 50.0 Å². The van der Waals surface area contributed by atoms with Gasteiger partial charge in [0.25, 0.3) is 0 Å². The zero-order valence-corrected chi connectivity index (χ0v) is 24.2. The Morgan fingerprint density at radius 2 is 1.78 bits per heavy atom. The largest absolute Gasteiger partial charge is 0.485 e. The molecule has 0 spiro atoms. The Hall–Kier alpha value is -3.61. The first-order valence-corrected chi connectivity index (χ1v) is 15.3. The van der Waals surface area contributed by atoms with E-state index in [1.54, 1.807) is 54.7 Å². The van der Waals surface area contributed by atoms with Gasteiger partial charge in [-0.3, -0.25) is 9.59 Å². The van der Waals surface area contributed by atoms with Gasteiger partial charge in [0, 0.05) is 49.2 Å². The number of benzene rings is 2. The lowest BCUT2D eigenvalue weighted by Crippen LogP contribution is -2.49. The molecule has 1 aromatic heterocycles. The summed E-state index contributed by atoms with van der Waals surface area (Å²) in [6.07, 6.45) is 3.18. The van der Waals surface area contributed by atoms with Crippen LogP contribution in [0.2, 0.25) is 5.02 Å². The van der Waals surface area contributed by atoms with Crippen LogP contribution in [0.1, 0.15) is 25.3 Å². The van der Waals surface area contributed by atoms with Gasteiger partial charge in [0.2, 0.25) is 15.8 Å². The van der Waals surface area contributed by atoms with Crippen LogP contribution in [0, 0.1) is 5.41 Å². The van der Waals surface area contributed by atoms with Crippen molar-refractivity contribution in [3.8, 4) is 11.4 Å². The molecule has 0 unspecified atom stereocenters. The SMILES string of the molecule is CC(=O)OCC1(COc2c(N3CCN(S(=O)(=O)Cc4ccc(N)cc4)CC3)cnn(-c3cccc(Cl)c3)c2=O)CC1. The molecule has 1 saturated carbocycles. The highest BCUT2D eigenvalue weighted by atomic mass is 35.5. The standard InChI is InChI=1S/C28H32ClN5O6S/c1-20(35)39-18-28(9-10-28)19-40-26-25(16-31-34(27(26)36)24-4-2-3-22(29)15-24)32-11-13-33(14-12-32)41(37,38)17-21-5-7-23(30)8-6-21/h2-8,15-16H,9-14,17-19,30H2,1H3. The van der Waals surface area contributed by atoms with Crippen molar-refractivity contribution in [3.63, 3.8) is 0 Å². The number of carbonyl (C=O) groups is 1. The second-order valence-corrected chi connectivity index (χ2v) is 12.9. The Morgan fingerprint density at radius 3 is 2.41 bits per heavy atom. The fourth-order valence-corrected chi connectivity index (χ4v) is 6.39. The van der Waals surface area contributed by atoms with Crippen LogP contribution >= 0.6 is 11.6 Å². The van der Waals surface area contributed by atoms with Crippen LogP contribution in [0.4, 0.5) is 11.4 Å². The van der Waals surface area contributed by atoms with Crippen molar-refractivity contribution >= 4 is 39.0 Å². The molecule has 218 valence electrons. The van der Waals surface area contributed by atoms with E-state index in [2.05, 4.69) is 5.10 Å². The van der Waals surface area contributed by atoms with Gasteiger partial charge in [0.1, 0.15) is 12.3 Å². The minimum Gasteiger partial charge on any atom is -0.485 e. The maximum absolute atomic E-state index is 13.7. The second-order valence-electron chi connectivity index (χ2n) is 10.5. The van der Waals surface area contributed by atoms with Crippen LogP contribution in [-0.4, -0.2) is 67.9 Å². The van der Waals surface area contributed by atoms with Gasteiger partial charge in [0.15, 0.2) is 0 Å². The second kappa shape index (κ2) is 11.7. The van der Waals surface area contributed by atoms with E-state index in [4.69, 9.17) is 26.8 Å². The molecule has 1 saturated heterocycles. The first-order valence-electron chi connectivity index (χ1n) is 13.3. The molecule has 3 aromatic rings. The number of rotatable bonds is 10. The summed E-state index contributed by atoms with van der Waals surface area (Å²) in [4.78, 5) is 27.0. The smallest absolute Gasteiger partial charge is 0.316 e. The van der Waals surface area contributed by atoms with Crippen LogP contribution in [-0.2, 0) is 25.3 Å². The van der Waals surface area contributed by atoms with Crippen molar-refractivity contribution in [2.45, 2.75) is 25.5 Å². The number of hydrogen-bond acceptors (Lipinski definition) is 9. The van der Waals surface area contributed by atoms with Crippen molar-refractivity contribution in [3.05, 3.63) is 75.7 Å². The first kappa shape index (κ1) is 28.9. The number of anilines is 2. The van der Waals surface area contributed by atoms with Crippen LogP contribution in [0.25, 0.3) is 5.69 Å². The molecule has 2 heterocycles. The number of piperazine rings is 1. The summed E-state index contributed by atoms with van der Waals surface area (Å²) in [7, 11) is -3.56. The van der Waals surface area contributed by atoms with Gasteiger partial charge in [-0.2, -0.15) is 14.1 Å². The molecule has 13 heteroatoms. The van der Waals surface area contributed by atoms with Crippen LogP contribution in [0.3, 0.4) is 0 Å². The summed E-state index contributed by atoms with van der Waals surface area (Å²) in [6, 6.07) is 13.6. The van der Waals surface area contributed by atoms with E-state index >= 15 is 0 Å². The van der Waals surface area contributed by atoms with Gasteiger partial charge >= 0.3 is 11.5 Å². The molecule has 0 atom stereocenters. The van der Waals surface area contributed by atoms with Crippen LogP contribution < -0.4 is 20.9 Å². The van der Waals surface area contributed by atoms with Crippen LogP contribution in [0.5, 0.6) is 5.75 Å². The van der Waals surface area contributed by atoms with E-state index in [0.717, 1.165) is 12.8 Å². The molecule has 41 heavy (non-hydrogen) atoms. The molecule has 2 aliphatic rings. The van der Waals surface area contributed by atoms with Gasteiger partial charge in [-0.1, -0.05) is 29.8 Å². The van der Waals surface area contributed by atoms with Gasteiger partial charge in [0.05, 0.1) is 24.2 Å². The summed E-state index contributed by atoms with van der Waals surface area (Å²) >= 11 is 6.15. The Bertz CT molecular complexity index is 1580. The number of esters is 1. The summed E-state index contributed by atoms with van der Waals surface area (Å²) in [5.74, 6) is -0.385. The van der Waals surface area contributed by atoms with E-state index in [-0.39, 0.29) is 49.2 Å². The maximum atomic E-state index is 13.7. The van der Waals surface area contributed by atoms with E-state index < -0.39 is 15.6 Å². The number of ether oxygens (including phenoxy) is 2. The summed E-state index contributed by atoms with van der Waals surface area (Å²) in [5.41, 5.74) is 7.11. The highest BCUT2D eigenvalue weighted by Crippen LogP contribution is 2.46. The van der Waals surface area contributed by atoms with E-state index in [1.165, 1.54) is 15.9 Å². The molecule has 5 rings (SSSR count). The average molecular weight is 602 g/mol. The third kappa shape index (κ3) is 6.83. The quantitative estimate of drug-likeness (QED) is 0.275. The van der Waals surface area contributed by atoms with Gasteiger partial charge in [-0.05, 0) is 48.7 Å². The Morgan fingerprint density at radius 1 is 1.07 bits per heavy atom. The molecule has 2 N–H and O–H groups in total. The Kier molecular flexibility index (Phi) is 8.25. The molecular formula is C28H32ClN5O6S. The summed E-state index contributed by atoms with van der Waals surface area (Å²) in [6.45, 7) is 2.94. The number of sulfonamides is 1. The topological polar surface area (TPSA) is 137 Å². The molecule has 1 aliphatic carbocycles. The highest BCUT2D eigenvalue weighted by Gasteiger charge is 2.45. The molecule has 2 fully saturated rings. The molecule has 0 amide bonds. The zero-order chi connectivity index (χ0) is 29.2. The van der Waals surface area contributed by atoms with E-state index in [0.29, 0.717) is 40.7 Å². The van der Waals surface area contributed by atoms with Crippen molar-refractivity contribution in [1.82, 2.24) is 14.1 Å². The Balaban J connectivity index is 1.36. The molecule has 2 aromatic carbocycles. The van der Waals surface area contributed by atoms with Gasteiger partial charge in [-0.15, -0.1) is 0 Å². The monoisotopic (exact) mass is 601 g/mol. The molecular weight excluding hydrogens is 570 g/mol. The zero-order valence-electron chi connectivity index (χ0n) is 22.7. The van der Waals surface area contributed by atoms with E-state index in [1.807, 2.05) is 4.90 Å². The summed E-state index contributed by atoms with van der Waals surface area (Å²) in [5, 5.41) is 4.84. The van der Waals surface area contributed by atoms with Crippen molar-refractivity contribution in [1.29, 1.82) is 0 Å².